The average Bonchev–Trinajstić information content (AvgIpc) is 2.48. The van der Waals surface area contributed by atoms with Crippen molar-refractivity contribution in [1.82, 2.24) is 5.32 Å². The maximum atomic E-state index is 14.8. The highest BCUT2D eigenvalue weighted by molar-refractivity contribution is 4.93. The van der Waals surface area contributed by atoms with Gasteiger partial charge in [0, 0.05) is 32.3 Å². The molecule has 0 radical (unpaired) electrons. The monoisotopic (exact) mass is 271 g/mol. The predicted molar refractivity (Wildman–Crippen MR) is 71.9 cm³/mol. The van der Waals surface area contributed by atoms with Gasteiger partial charge in [0.2, 0.25) is 0 Å². The number of ether oxygens (including phenoxy) is 2. The fourth-order valence-corrected chi connectivity index (χ4v) is 3.96. The minimum absolute atomic E-state index is 0.0758. The first-order chi connectivity index (χ1) is 9.29. The van der Waals surface area contributed by atoms with Crippen LogP contribution >= 0.6 is 0 Å². The number of hydrogen-bond donors (Lipinski definition) is 1. The van der Waals surface area contributed by atoms with Gasteiger partial charge >= 0.3 is 0 Å². The third-order valence-electron chi connectivity index (χ3n) is 5.17. The second-order valence-corrected chi connectivity index (χ2v) is 6.45. The summed E-state index contributed by atoms with van der Waals surface area (Å²) in [4.78, 5) is 0. The van der Waals surface area contributed by atoms with Gasteiger partial charge in [0.15, 0.2) is 0 Å². The van der Waals surface area contributed by atoms with Gasteiger partial charge in [-0.05, 0) is 51.0 Å². The van der Waals surface area contributed by atoms with Crippen LogP contribution in [0.2, 0.25) is 0 Å². The summed E-state index contributed by atoms with van der Waals surface area (Å²) in [5.41, 5.74) is -0.0758. The lowest BCUT2D eigenvalue weighted by molar-refractivity contribution is -0.156. The van der Waals surface area contributed by atoms with E-state index in [4.69, 9.17) is 9.47 Å². The first-order valence-corrected chi connectivity index (χ1v) is 7.86. The molecule has 0 amide bonds. The van der Waals surface area contributed by atoms with Gasteiger partial charge in [0.1, 0.15) is 6.17 Å². The molecule has 110 valence electrons. The highest BCUT2D eigenvalue weighted by Crippen LogP contribution is 2.41. The Morgan fingerprint density at radius 1 is 1.11 bits per heavy atom. The second kappa shape index (κ2) is 6.06. The topological polar surface area (TPSA) is 30.5 Å². The normalized spacial score (nSPS) is 37.1. The molecule has 3 heterocycles. The van der Waals surface area contributed by atoms with Crippen molar-refractivity contribution in [3.63, 3.8) is 0 Å². The Morgan fingerprint density at radius 3 is 2.68 bits per heavy atom. The van der Waals surface area contributed by atoms with Gasteiger partial charge in [0.05, 0.1) is 5.60 Å². The Balaban J connectivity index is 1.60. The van der Waals surface area contributed by atoms with Crippen molar-refractivity contribution >= 4 is 0 Å². The van der Waals surface area contributed by atoms with Crippen LogP contribution in [-0.2, 0) is 9.47 Å². The first kappa shape index (κ1) is 13.8. The summed E-state index contributed by atoms with van der Waals surface area (Å²) in [5, 5.41) is 3.33. The molecule has 19 heavy (non-hydrogen) atoms. The molecule has 0 aliphatic carbocycles. The average molecular weight is 271 g/mol. The van der Waals surface area contributed by atoms with Crippen molar-refractivity contribution < 1.29 is 13.9 Å². The molecular weight excluding hydrogens is 245 g/mol. The van der Waals surface area contributed by atoms with Gasteiger partial charge in [-0.3, -0.25) is 0 Å². The van der Waals surface area contributed by atoms with Gasteiger partial charge in [-0.2, -0.15) is 0 Å². The number of halogens is 1. The van der Waals surface area contributed by atoms with Crippen LogP contribution < -0.4 is 5.32 Å². The Labute approximate surface area is 115 Å². The number of hydrogen-bond acceptors (Lipinski definition) is 3. The molecule has 3 nitrogen and oxygen atoms in total. The molecule has 1 N–H and O–H groups in total. The number of nitrogens with one attached hydrogen (secondary N) is 1. The van der Waals surface area contributed by atoms with Crippen LogP contribution in [0.5, 0.6) is 0 Å². The molecule has 4 heteroatoms. The molecule has 3 rings (SSSR count). The van der Waals surface area contributed by atoms with Crippen molar-refractivity contribution in [2.75, 3.05) is 32.9 Å². The van der Waals surface area contributed by atoms with Crippen LogP contribution in [0.1, 0.15) is 38.5 Å². The lowest BCUT2D eigenvalue weighted by Gasteiger charge is -2.45. The van der Waals surface area contributed by atoms with Crippen molar-refractivity contribution in [3.8, 4) is 0 Å². The van der Waals surface area contributed by atoms with Gasteiger partial charge in [-0.25, -0.2) is 4.39 Å². The summed E-state index contributed by atoms with van der Waals surface area (Å²) in [5.74, 6) is 0.408. The molecule has 3 unspecified atom stereocenters. The van der Waals surface area contributed by atoms with Crippen LogP contribution in [0.15, 0.2) is 0 Å². The van der Waals surface area contributed by atoms with E-state index in [1.165, 1.54) is 0 Å². The zero-order valence-electron chi connectivity index (χ0n) is 11.7. The smallest absolute Gasteiger partial charge is 0.107 e. The molecule has 3 saturated heterocycles. The molecular formula is C15H26FNO2. The lowest BCUT2D eigenvalue weighted by atomic mass is 9.75. The summed E-state index contributed by atoms with van der Waals surface area (Å²) in [6.45, 7) is 4.18. The number of piperidine rings is 1. The Hall–Kier alpha value is -0.190. The molecule has 3 aliphatic heterocycles. The number of rotatable bonds is 2. The lowest BCUT2D eigenvalue weighted by Crippen LogP contribution is -2.48. The van der Waals surface area contributed by atoms with Crippen molar-refractivity contribution in [2.45, 2.75) is 50.3 Å². The molecule has 3 atom stereocenters. The zero-order chi connectivity index (χ0) is 13.1. The summed E-state index contributed by atoms with van der Waals surface area (Å²) in [7, 11) is 0. The van der Waals surface area contributed by atoms with Crippen LogP contribution in [-0.4, -0.2) is 44.7 Å². The zero-order valence-corrected chi connectivity index (χ0v) is 11.7. The van der Waals surface area contributed by atoms with E-state index in [1.807, 2.05) is 0 Å². The molecule has 0 saturated carbocycles. The van der Waals surface area contributed by atoms with Crippen molar-refractivity contribution in [3.05, 3.63) is 0 Å². The van der Waals surface area contributed by atoms with E-state index in [1.54, 1.807) is 0 Å². The van der Waals surface area contributed by atoms with Crippen LogP contribution in [0.25, 0.3) is 0 Å². The Bertz CT molecular complexity index is 282. The van der Waals surface area contributed by atoms with E-state index in [9.17, 15) is 4.39 Å². The minimum atomic E-state index is -0.656. The van der Waals surface area contributed by atoms with E-state index in [0.717, 1.165) is 71.4 Å². The quantitative estimate of drug-likeness (QED) is 0.836. The van der Waals surface area contributed by atoms with Gasteiger partial charge in [-0.1, -0.05) is 0 Å². The third-order valence-corrected chi connectivity index (χ3v) is 5.17. The Morgan fingerprint density at radius 2 is 1.95 bits per heavy atom. The van der Waals surface area contributed by atoms with Crippen LogP contribution in [0.3, 0.4) is 0 Å². The molecule has 3 fully saturated rings. The van der Waals surface area contributed by atoms with Gasteiger partial charge < -0.3 is 14.8 Å². The molecule has 0 aromatic rings. The van der Waals surface area contributed by atoms with E-state index >= 15 is 0 Å². The van der Waals surface area contributed by atoms with E-state index in [2.05, 4.69) is 5.32 Å². The van der Waals surface area contributed by atoms with Gasteiger partial charge in [0.25, 0.3) is 0 Å². The van der Waals surface area contributed by atoms with Crippen molar-refractivity contribution in [2.24, 2.45) is 11.8 Å². The van der Waals surface area contributed by atoms with E-state index in [-0.39, 0.29) is 17.4 Å². The summed E-state index contributed by atoms with van der Waals surface area (Å²) in [6, 6.07) is 0. The summed E-state index contributed by atoms with van der Waals surface area (Å²) >= 11 is 0. The predicted octanol–water partition coefficient (Wildman–Crippen LogP) is 2.30. The standard InChI is InChI=1S/C15H26FNO2/c16-14(13-2-1-6-17-11-13)12-3-7-19-15(10-12)4-8-18-9-5-15/h12-14,17H,1-11H2. The SMILES string of the molecule is FC(C1CCCNC1)C1CCOC2(CCOCC2)C1. The van der Waals surface area contributed by atoms with E-state index < -0.39 is 6.17 Å². The fourth-order valence-electron chi connectivity index (χ4n) is 3.96. The fraction of sp³-hybridized carbons (Fsp3) is 1.00. The Kier molecular flexibility index (Phi) is 4.40. The first-order valence-electron chi connectivity index (χ1n) is 7.86. The summed E-state index contributed by atoms with van der Waals surface area (Å²) in [6.07, 6.45) is 5.18. The molecule has 3 aliphatic rings. The molecule has 0 aromatic heterocycles. The summed E-state index contributed by atoms with van der Waals surface area (Å²) < 4.78 is 26.2. The third kappa shape index (κ3) is 3.11. The highest BCUT2D eigenvalue weighted by Gasteiger charge is 2.43. The largest absolute Gasteiger partial charge is 0.381 e. The maximum Gasteiger partial charge on any atom is 0.107 e. The van der Waals surface area contributed by atoms with Crippen LogP contribution in [0.4, 0.5) is 4.39 Å². The molecule has 0 bridgehead atoms. The molecule has 0 aromatic carbocycles. The number of alkyl halides is 1. The minimum Gasteiger partial charge on any atom is -0.381 e. The maximum absolute atomic E-state index is 14.8. The second-order valence-electron chi connectivity index (χ2n) is 6.45. The molecule has 1 spiro atoms. The highest BCUT2D eigenvalue weighted by atomic mass is 19.1. The van der Waals surface area contributed by atoms with Crippen molar-refractivity contribution in [1.29, 1.82) is 0 Å². The van der Waals surface area contributed by atoms with E-state index in [0.29, 0.717) is 0 Å². The van der Waals surface area contributed by atoms with Gasteiger partial charge in [-0.15, -0.1) is 0 Å². The van der Waals surface area contributed by atoms with Crippen LogP contribution in [0, 0.1) is 11.8 Å².